The number of carbonyl (C=O) groups is 2. The Morgan fingerprint density at radius 2 is 1.73 bits per heavy atom. The highest BCUT2D eigenvalue weighted by molar-refractivity contribution is 5.89. The lowest BCUT2D eigenvalue weighted by Crippen LogP contribution is -2.55. The predicted octanol–water partition coefficient (Wildman–Crippen LogP) is -0.124. The van der Waals surface area contributed by atoms with E-state index in [-0.39, 0.29) is 17.1 Å². The highest BCUT2D eigenvalue weighted by Gasteiger charge is 2.35. The number of phenolic OH excluding ortho intramolecular Hbond substituents is 1. The number of aromatic hydroxyl groups is 1. The van der Waals surface area contributed by atoms with Crippen molar-refractivity contribution < 1.29 is 20.2 Å². The fraction of sp³-hybridized carbons (Fsp3) is 0.263. The predicted molar refractivity (Wildman–Crippen MR) is 97.1 cm³/mol. The second kappa shape index (κ2) is 7.99. The number of nitrogens with two attached hydrogens (primary N) is 2. The van der Waals surface area contributed by atoms with E-state index in [9.17, 15) is 14.7 Å². The molecule has 2 aromatic carbocycles. The molecule has 0 aliphatic carbocycles. The van der Waals surface area contributed by atoms with Crippen molar-refractivity contribution in [3.05, 3.63) is 65.2 Å². The molecule has 0 aromatic heterocycles. The van der Waals surface area contributed by atoms with Crippen molar-refractivity contribution in [1.29, 1.82) is 0 Å². The van der Waals surface area contributed by atoms with Crippen LogP contribution in [-0.4, -0.2) is 39.4 Å². The molecule has 138 valence electrons. The topological polar surface area (TPSA) is 141 Å². The fourth-order valence-corrected chi connectivity index (χ4v) is 3.20. The van der Waals surface area contributed by atoms with Crippen LogP contribution in [-0.2, 0) is 29.0 Å². The lowest BCUT2D eigenvalue weighted by atomic mass is 9.92. The van der Waals surface area contributed by atoms with E-state index in [1.807, 2.05) is 24.3 Å². The van der Waals surface area contributed by atoms with E-state index in [0.29, 0.717) is 19.4 Å². The van der Waals surface area contributed by atoms with Crippen LogP contribution in [0.3, 0.4) is 0 Å². The third-order valence-electron chi connectivity index (χ3n) is 4.57. The molecule has 3 rings (SSSR count). The summed E-state index contributed by atoms with van der Waals surface area (Å²) >= 11 is 0. The molecule has 7 N–H and O–H groups in total. The van der Waals surface area contributed by atoms with Crippen LogP contribution in [0.25, 0.3) is 0 Å². The molecule has 2 atom stereocenters. The molecule has 0 saturated carbocycles. The van der Waals surface area contributed by atoms with Gasteiger partial charge in [0, 0.05) is 13.0 Å². The summed E-state index contributed by atoms with van der Waals surface area (Å²) in [7, 11) is 0. The minimum atomic E-state index is -0.781. The fourth-order valence-electron chi connectivity index (χ4n) is 3.20. The molecule has 1 aliphatic rings. The molecule has 0 radical (unpaired) electrons. The largest absolute Gasteiger partial charge is 0.508 e. The smallest absolute Gasteiger partial charge is 0.240 e. The number of amides is 2. The number of hydrogen-bond acceptors (Lipinski definition) is 4. The summed E-state index contributed by atoms with van der Waals surface area (Å²) in [5.41, 5.74) is 14.5. The maximum Gasteiger partial charge on any atom is 0.240 e. The minimum Gasteiger partial charge on any atom is -0.508 e. The number of phenols is 1. The maximum absolute atomic E-state index is 12.8. The van der Waals surface area contributed by atoms with Gasteiger partial charge in [0.05, 0.1) is 6.04 Å². The van der Waals surface area contributed by atoms with E-state index in [1.165, 1.54) is 4.90 Å². The Kier molecular flexibility index (Phi) is 5.97. The van der Waals surface area contributed by atoms with Crippen LogP contribution in [0.1, 0.15) is 16.7 Å². The zero-order chi connectivity index (χ0) is 18.0. The first kappa shape index (κ1) is 19.4. The molecule has 2 amide bonds. The zero-order valence-corrected chi connectivity index (χ0v) is 14.3. The summed E-state index contributed by atoms with van der Waals surface area (Å²) in [6, 6.07) is 12.8. The maximum atomic E-state index is 12.8. The van der Waals surface area contributed by atoms with Crippen molar-refractivity contribution in [2.24, 2.45) is 11.5 Å². The minimum absolute atomic E-state index is 0. The van der Waals surface area contributed by atoms with Gasteiger partial charge in [-0.1, -0.05) is 36.4 Å². The number of fused-ring (bicyclic) bond motifs is 1. The van der Waals surface area contributed by atoms with E-state index in [1.54, 1.807) is 24.3 Å². The molecule has 26 heavy (non-hydrogen) atoms. The summed E-state index contributed by atoms with van der Waals surface area (Å²) in [6.45, 7) is 0.325. The van der Waals surface area contributed by atoms with Crippen molar-refractivity contribution in [3.8, 4) is 5.75 Å². The molecule has 0 bridgehead atoms. The van der Waals surface area contributed by atoms with Gasteiger partial charge >= 0.3 is 0 Å². The van der Waals surface area contributed by atoms with E-state index in [0.717, 1.165) is 16.7 Å². The Labute approximate surface area is 151 Å². The molecule has 7 heteroatoms. The average Bonchev–Trinajstić information content (AvgIpc) is 2.61. The molecule has 1 heterocycles. The van der Waals surface area contributed by atoms with Crippen LogP contribution in [0, 0.1) is 0 Å². The van der Waals surface area contributed by atoms with Gasteiger partial charge in [-0.3, -0.25) is 9.59 Å². The van der Waals surface area contributed by atoms with Gasteiger partial charge in [0.2, 0.25) is 11.8 Å². The van der Waals surface area contributed by atoms with Gasteiger partial charge in [0.1, 0.15) is 11.8 Å². The normalized spacial score (nSPS) is 17.0. The van der Waals surface area contributed by atoms with Gasteiger partial charge in [0.15, 0.2) is 0 Å². The Morgan fingerprint density at radius 3 is 2.35 bits per heavy atom. The highest BCUT2D eigenvalue weighted by atomic mass is 16.3. The molecule has 0 fully saturated rings. The van der Waals surface area contributed by atoms with E-state index < -0.39 is 18.0 Å². The van der Waals surface area contributed by atoms with Gasteiger partial charge in [0.25, 0.3) is 0 Å². The first-order valence-electron chi connectivity index (χ1n) is 8.16. The van der Waals surface area contributed by atoms with Crippen molar-refractivity contribution in [3.63, 3.8) is 0 Å². The summed E-state index contributed by atoms with van der Waals surface area (Å²) in [5.74, 6) is -0.670. The van der Waals surface area contributed by atoms with E-state index in [2.05, 4.69) is 0 Å². The van der Waals surface area contributed by atoms with Gasteiger partial charge < -0.3 is 26.9 Å². The van der Waals surface area contributed by atoms with Crippen LogP contribution >= 0.6 is 0 Å². The Bertz CT molecular complexity index is 792. The quantitative estimate of drug-likeness (QED) is 0.701. The number of nitrogens with zero attached hydrogens (tertiary/aromatic N) is 1. The molecule has 2 aromatic rings. The molecular weight excluding hydrogens is 334 g/mol. The second-order valence-corrected chi connectivity index (χ2v) is 6.33. The van der Waals surface area contributed by atoms with Crippen molar-refractivity contribution in [2.45, 2.75) is 31.5 Å². The number of benzene rings is 2. The third kappa shape index (κ3) is 4.01. The van der Waals surface area contributed by atoms with Crippen LogP contribution in [0.4, 0.5) is 0 Å². The van der Waals surface area contributed by atoms with E-state index >= 15 is 0 Å². The Hall–Kier alpha value is -2.90. The summed E-state index contributed by atoms with van der Waals surface area (Å²) in [4.78, 5) is 26.2. The van der Waals surface area contributed by atoms with Gasteiger partial charge in [-0.25, -0.2) is 0 Å². The number of carbonyl (C=O) groups excluding carboxylic acids is 2. The average molecular weight is 357 g/mol. The number of primary amides is 1. The molecule has 0 spiro atoms. The number of rotatable bonds is 4. The summed E-state index contributed by atoms with van der Waals surface area (Å²) in [6.07, 6.45) is 0.728. The van der Waals surface area contributed by atoms with Crippen LogP contribution in [0.15, 0.2) is 48.5 Å². The molecule has 0 saturated heterocycles. The Morgan fingerprint density at radius 1 is 1.12 bits per heavy atom. The standard InChI is InChI=1S/C19H21N3O3.H2O/c20-16(9-12-5-7-15(23)8-6-12)19(25)22-11-14-4-2-1-3-13(14)10-17(22)18(21)24;/h1-8,16-17,23H,9-11,20H2,(H2,21,24);1H2/t16-,17+;/m0./s1. The molecule has 1 aliphatic heterocycles. The third-order valence-corrected chi connectivity index (χ3v) is 4.57. The summed E-state index contributed by atoms with van der Waals surface area (Å²) in [5, 5.41) is 9.33. The first-order valence-corrected chi connectivity index (χ1v) is 8.16. The Balaban J connectivity index is 0.00000243. The van der Waals surface area contributed by atoms with Gasteiger partial charge in [-0.05, 0) is 35.2 Å². The first-order chi connectivity index (χ1) is 12.0. The van der Waals surface area contributed by atoms with Crippen LogP contribution in [0.5, 0.6) is 5.75 Å². The molecule has 7 nitrogen and oxygen atoms in total. The second-order valence-electron chi connectivity index (χ2n) is 6.33. The van der Waals surface area contributed by atoms with Gasteiger partial charge in [-0.15, -0.1) is 0 Å². The summed E-state index contributed by atoms with van der Waals surface area (Å²) < 4.78 is 0. The molecular formula is C19H23N3O4. The van der Waals surface area contributed by atoms with E-state index in [4.69, 9.17) is 11.5 Å². The SMILES string of the molecule is NC(=O)[C@H]1Cc2ccccc2CN1C(=O)[C@@H](N)Cc1ccc(O)cc1.O. The number of hydrogen-bond donors (Lipinski definition) is 3. The van der Waals surface area contributed by atoms with Crippen molar-refractivity contribution >= 4 is 11.8 Å². The lowest BCUT2D eigenvalue weighted by Gasteiger charge is -2.36. The zero-order valence-electron chi connectivity index (χ0n) is 14.3. The lowest BCUT2D eigenvalue weighted by molar-refractivity contribution is -0.141. The van der Waals surface area contributed by atoms with Crippen LogP contribution in [0.2, 0.25) is 0 Å². The highest BCUT2D eigenvalue weighted by Crippen LogP contribution is 2.24. The van der Waals surface area contributed by atoms with Crippen LogP contribution < -0.4 is 11.5 Å². The monoisotopic (exact) mass is 357 g/mol. The molecule has 0 unspecified atom stereocenters. The van der Waals surface area contributed by atoms with Crippen molar-refractivity contribution in [2.75, 3.05) is 0 Å². The van der Waals surface area contributed by atoms with Gasteiger partial charge in [-0.2, -0.15) is 0 Å². The van der Waals surface area contributed by atoms with Crippen molar-refractivity contribution in [1.82, 2.24) is 4.90 Å².